The minimum absolute atomic E-state index is 1.11. The van der Waals surface area contributed by atoms with Gasteiger partial charge < -0.3 is 4.90 Å². The SMILES string of the molecule is c1ccc(-c2cccc(-c3ccc(N(c4ccc(-c5cccc6ccccc56)cc4)c4ccc(-c5cccc6sc7ccccc7c56)cc4)cc3)c2)cc1. The molecule has 10 rings (SSSR count). The molecule has 0 radical (unpaired) electrons. The Bertz CT molecular complexity index is 2900. The molecule has 0 bridgehead atoms. The van der Waals surface area contributed by atoms with Gasteiger partial charge in [-0.25, -0.2) is 0 Å². The van der Waals surface area contributed by atoms with Crippen LogP contribution in [0.25, 0.3) is 75.5 Å². The van der Waals surface area contributed by atoms with Crippen LogP contribution in [0.1, 0.15) is 0 Å². The summed E-state index contributed by atoms with van der Waals surface area (Å²) in [5.74, 6) is 0. The molecular weight excluding hydrogens is 671 g/mol. The summed E-state index contributed by atoms with van der Waals surface area (Å²) in [6, 6.07) is 77.0. The number of benzene rings is 9. The fraction of sp³-hybridized carbons (Fsp3) is 0. The van der Waals surface area contributed by atoms with Gasteiger partial charge in [-0.05, 0) is 110 Å². The molecule has 0 saturated heterocycles. The van der Waals surface area contributed by atoms with Gasteiger partial charge in [0.25, 0.3) is 0 Å². The Balaban J connectivity index is 1.04. The molecule has 0 aliphatic rings. The molecule has 0 atom stereocenters. The zero-order chi connectivity index (χ0) is 35.8. The predicted octanol–water partition coefficient (Wildman–Crippen LogP) is 15.3. The van der Waals surface area contributed by atoms with E-state index < -0.39 is 0 Å². The smallest absolute Gasteiger partial charge is 0.0462 e. The third-order valence-electron chi connectivity index (χ3n) is 10.5. The molecule has 0 N–H and O–H groups in total. The number of hydrogen-bond donors (Lipinski definition) is 0. The first kappa shape index (κ1) is 32.0. The van der Waals surface area contributed by atoms with Crippen LogP contribution in [0.4, 0.5) is 17.1 Å². The third kappa shape index (κ3) is 5.84. The Labute approximate surface area is 319 Å². The summed E-state index contributed by atoms with van der Waals surface area (Å²) in [5.41, 5.74) is 13.1. The van der Waals surface area contributed by atoms with Gasteiger partial charge >= 0.3 is 0 Å². The molecule has 1 nitrogen and oxygen atoms in total. The number of rotatable bonds is 7. The summed E-state index contributed by atoms with van der Waals surface area (Å²) < 4.78 is 2.64. The van der Waals surface area contributed by atoms with Crippen LogP contribution in [0.5, 0.6) is 0 Å². The van der Waals surface area contributed by atoms with Crippen molar-refractivity contribution in [2.45, 2.75) is 0 Å². The van der Waals surface area contributed by atoms with E-state index in [1.54, 1.807) is 0 Å². The lowest BCUT2D eigenvalue weighted by atomic mass is 9.97. The number of thiophene rings is 1. The average Bonchev–Trinajstić information content (AvgIpc) is 3.64. The minimum Gasteiger partial charge on any atom is -0.311 e. The quantitative estimate of drug-likeness (QED) is 0.160. The molecule has 10 aromatic rings. The van der Waals surface area contributed by atoms with E-state index in [0.29, 0.717) is 0 Å². The summed E-state index contributed by atoms with van der Waals surface area (Å²) in [5, 5.41) is 5.17. The second-order valence-electron chi connectivity index (χ2n) is 13.7. The highest BCUT2D eigenvalue weighted by molar-refractivity contribution is 7.25. The summed E-state index contributed by atoms with van der Waals surface area (Å²) in [4.78, 5) is 2.36. The molecule has 0 aliphatic carbocycles. The molecule has 0 unspecified atom stereocenters. The van der Waals surface area contributed by atoms with Gasteiger partial charge in [0.1, 0.15) is 0 Å². The van der Waals surface area contributed by atoms with Gasteiger partial charge in [-0.15, -0.1) is 11.3 Å². The van der Waals surface area contributed by atoms with E-state index >= 15 is 0 Å². The summed E-state index contributed by atoms with van der Waals surface area (Å²) in [7, 11) is 0. The first-order valence-electron chi connectivity index (χ1n) is 18.4. The van der Waals surface area contributed by atoms with Crippen molar-refractivity contribution in [2.75, 3.05) is 4.90 Å². The van der Waals surface area contributed by atoms with Gasteiger partial charge in [-0.2, -0.15) is 0 Å². The van der Waals surface area contributed by atoms with Crippen molar-refractivity contribution in [3.8, 4) is 44.5 Å². The fourth-order valence-corrected chi connectivity index (χ4v) is 8.96. The number of fused-ring (bicyclic) bond motifs is 4. The van der Waals surface area contributed by atoms with E-state index in [1.807, 2.05) is 11.3 Å². The van der Waals surface area contributed by atoms with Crippen LogP contribution >= 0.6 is 11.3 Å². The maximum Gasteiger partial charge on any atom is 0.0462 e. The van der Waals surface area contributed by atoms with Crippen molar-refractivity contribution in [3.63, 3.8) is 0 Å². The normalized spacial score (nSPS) is 11.3. The van der Waals surface area contributed by atoms with Gasteiger partial charge in [-0.1, -0.05) is 158 Å². The van der Waals surface area contributed by atoms with Gasteiger partial charge in [0, 0.05) is 37.2 Å². The Morgan fingerprint density at radius 1 is 0.296 bits per heavy atom. The molecule has 0 saturated carbocycles. The van der Waals surface area contributed by atoms with Crippen LogP contribution in [0.15, 0.2) is 212 Å². The lowest BCUT2D eigenvalue weighted by Gasteiger charge is -2.26. The van der Waals surface area contributed by atoms with E-state index in [0.717, 1.165) is 17.1 Å². The monoisotopic (exact) mass is 705 g/mol. The molecule has 0 fully saturated rings. The largest absolute Gasteiger partial charge is 0.311 e. The van der Waals surface area contributed by atoms with E-state index in [-0.39, 0.29) is 0 Å². The second kappa shape index (κ2) is 13.7. The molecule has 0 spiro atoms. The highest BCUT2D eigenvalue weighted by atomic mass is 32.1. The standard InChI is InChI=1S/C52H35NS/c1-2-11-36(12-3-1)41-15-8-16-42(35-41)37-23-29-43(30-24-37)53(44-31-25-39(26-32-44)47-19-9-14-38-13-4-5-17-46(38)47)45-33-27-40(28-34-45)48-20-10-22-51-52(48)49-18-6-7-21-50(49)54-51/h1-35H. The summed E-state index contributed by atoms with van der Waals surface area (Å²) in [6.45, 7) is 0. The van der Waals surface area contributed by atoms with Gasteiger partial charge in [0.05, 0.1) is 0 Å². The minimum atomic E-state index is 1.11. The third-order valence-corrected chi connectivity index (χ3v) is 11.6. The molecule has 0 aliphatic heterocycles. The highest BCUT2D eigenvalue weighted by Gasteiger charge is 2.16. The Kier molecular flexibility index (Phi) is 8.09. The number of hydrogen-bond acceptors (Lipinski definition) is 2. The fourth-order valence-electron chi connectivity index (χ4n) is 7.83. The van der Waals surface area contributed by atoms with Gasteiger partial charge in [0.2, 0.25) is 0 Å². The van der Waals surface area contributed by atoms with E-state index in [9.17, 15) is 0 Å². The van der Waals surface area contributed by atoms with Crippen LogP contribution in [-0.4, -0.2) is 0 Å². The first-order valence-corrected chi connectivity index (χ1v) is 19.2. The van der Waals surface area contributed by atoms with Crippen LogP contribution in [0.2, 0.25) is 0 Å². The van der Waals surface area contributed by atoms with Crippen molar-refractivity contribution in [1.29, 1.82) is 0 Å². The Morgan fingerprint density at radius 2 is 0.759 bits per heavy atom. The van der Waals surface area contributed by atoms with E-state index in [4.69, 9.17) is 0 Å². The van der Waals surface area contributed by atoms with Gasteiger partial charge in [0.15, 0.2) is 0 Å². The molecule has 54 heavy (non-hydrogen) atoms. The Hall–Kier alpha value is -6.74. The number of anilines is 3. The van der Waals surface area contributed by atoms with Crippen LogP contribution in [-0.2, 0) is 0 Å². The predicted molar refractivity (Wildman–Crippen MR) is 233 cm³/mol. The first-order chi connectivity index (χ1) is 26.8. The molecular formula is C52H35NS. The molecule has 2 heteroatoms. The lowest BCUT2D eigenvalue weighted by molar-refractivity contribution is 1.28. The molecule has 1 heterocycles. The molecule has 9 aromatic carbocycles. The van der Waals surface area contributed by atoms with Crippen LogP contribution < -0.4 is 4.90 Å². The van der Waals surface area contributed by atoms with Crippen molar-refractivity contribution in [1.82, 2.24) is 0 Å². The van der Waals surface area contributed by atoms with Crippen molar-refractivity contribution >= 4 is 59.3 Å². The maximum absolute atomic E-state index is 2.36. The van der Waals surface area contributed by atoms with Crippen LogP contribution in [0, 0.1) is 0 Å². The molecule has 1 aromatic heterocycles. The Morgan fingerprint density at radius 3 is 1.46 bits per heavy atom. The van der Waals surface area contributed by atoms with Gasteiger partial charge in [-0.3, -0.25) is 0 Å². The molecule has 0 amide bonds. The van der Waals surface area contributed by atoms with Crippen LogP contribution in [0.3, 0.4) is 0 Å². The topological polar surface area (TPSA) is 3.24 Å². The van der Waals surface area contributed by atoms with Crippen molar-refractivity contribution in [2.24, 2.45) is 0 Å². The van der Waals surface area contributed by atoms with Crippen molar-refractivity contribution < 1.29 is 0 Å². The van der Waals surface area contributed by atoms with E-state index in [1.165, 1.54) is 75.5 Å². The van der Waals surface area contributed by atoms with E-state index in [2.05, 4.69) is 217 Å². The lowest BCUT2D eigenvalue weighted by Crippen LogP contribution is -2.09. The maximum atomic E-state index is 2.36. The average molecular weight is 706 g/mol. The zero-order valence-corrected chi connectivity index (χ0v) is 30.4. The summed E-state index contributed by atoms with van der Waals surface area (Å²) >= 11 is 1.86. The molecule has 254 valence electrons. The summed E-state index contributed by atoms with van der Waals surface area (Å²) in [6.07, 6.45) is 0. The van der Waals surface area contributed by atoms with Crippen molar-refractivity contribution in [3.05, 3.63) is 212 Å². The zero-order valence-electron chi connectivity index (χ0n) is 29.6. The highest BCUT2D eigenvalue weighted by Crippen LogP contribution is 2.42. The number of nitrogens with zero attached hydrogens (tertiary/aromatic N) is 1. The second-order valence-corrected chi connectivity index (χ2v) is 14.8.